The van der Waals surface area contributed by atoms with Gasteiger partial charge in [-0.15, -0.1) is 0 Å². The molecule has 4 heteroatoms. The lowest BCUT2D eigenvalue weighted by atomic mass is 9.88. The summed E-state index contributed by atoms with van der Waals surface area (Å²) in [7, 11) is 0. The van der Waals surface area contributed by atoms with E-state index in [1.165, 1.54) is 19.3 Å². The van der Waals surface area contributed by atoms with Crippen molar-refractivity contribution in [3.8, 4) is 0 Å². The minimum Gasteiger partial charge on any atom is -0.387 e. The van der Waals surface area contributed by atoms with Gasteiger partial charge in [0, 0.05) is 16.0 Å². The second kappa shape index (κ2) is 6.62. The molecule has 1 aromatic rings. The van der Waals surface area contributed by atoms with Crippen LogP contribution in [-0.4, -0.2) is 5.84 Å². The van der Waals surface area contributed by atoms with Gasteiger partial charge in [0.25, 0.3) is 0 Å². The number of halogens is 2. The van der Waals surface area contributed by atoms with Crippen molar-refractivity contribution in [3.63, 3.8) is 0 Å². The Morgan fingerprint density at radius 2 is 1.95 bits per heavy atom. The van der Waals surface area contributed by atoms with Gasteiger partial charge < -0.3 is 5.73 Å². The van der Waals surface area contributed by atoms with Crippen molar-refractivity contribution >= 4 is 29.0 Å². The summed E-state index contributed by atoms with van der Waals surface area (Å²) in [5.41, 5.74) is 7.12. The Balaban J connectivity index is 2.12. The lowest BCUT2D eigenvalue weighted by Crippen LogP contribution is -2.26. The van der Waals surface area contributed by atoms with Crippen LogP contribution in [0.25, 0.3) is 0 Å². The van der Waals surface area contributed by atoms with Crippen LogP contribution in [0.3, 0.4) is 0 Å². The summed E-state index contributed by atoms with van der Waals surface area (Å²) in [5.74, 6) is 1.22. The molecule has 1 saturated carbocycles. The molecule has 0 aromatic heterocycles. The van der Waals surface area contributed by atoms with Crippen molar-refractivity contribution in [2.75, 3.05) is 0 Å². The van der Waals surface area contributed by atoms with Crippen molar-refractivity contribution in [1.82, 2.24) is 0 Å². The van der Waals surface area contributed by atoms with Gasteiger partial charge in [0.15, 0.2) is 0 Å². The Labute approximate surface area is 125 Å². The molecule has 0 heterocycles. The van der Waals surface area contributed by atoms with Crippen molar-refractivity contribution in [2.45, 2.75) is 45.1 Å². The third-order valence-electron chi connectivity index (χ3n) is 3.78. The van der Waals surface area contributed by atoms with E-state index in [0.717, 1.165) is 24.2 Å². The minimum absolute atomic E-state index is 0.0216. The smallest absolute Gasteiger partial charge is 0.0975 e. The highest BCUT2D eigenvalue weighted by Crippen LogP contribution is 2.30. The average Bonchev–Trinajstić information content (AvgIpc) is 2.39. The Morgan fingerprint density at radius 3 is 2.58 bits per heavy atom. The zero-order valence-electron chi connectivity index (χ0n) is 11.2. The predicted octanol–water partition coefficient (Wildman–Crippen LogP) is 4.99. The molecule has 0 bridgehead atoms. The topological polar surface area (TPSA) is 38.4 Å². The summed E-state index contributed by atoms with van der Waals surface area (Å²) in [6.45, 7) is 2.02. The third-order valence-corrected chi connectivity index (χ3v) is 4.34. The Bertz CT molecular complexity index is 465. The van der Waals surface area contributed by atoms with Crippen molar-refractivity contribution in [1.29, 1.82) is 0 Å². The van der Waals surface area contributed by atoms with E-state index in [4.69, 9.17) is 28.9 Å². The summed E-state index contributed by atoms with van der Waals surface area (Å²) < 4.78 is 0. The van der Waals surface area contributed by atoms with Crippen LogP contribution in [0.4, 0.5) is 0 Å². The molecular formula is C15H20Cl2N2. The van der Waals surface area contributed by atoms with E-state index in [1.807, 2.05) is 19.1 Å². The first kappa shape index (κ1) is 14.7. The summed E-state index contributed by atoms with van der Waals surface area (Å²) in [6.07, 6.45) is 6.17. The molecule has 1 aliphatic rings. The number of rotatable bonds is 3. The first-order chi connectivity index (χ1) is 9.08. The summed E-state index contributed by atoms with van der Waals surface area (Å²) in [6, 6.07) is 5.49. The molecule has 19 heavy (non-hydrogen) atoms. The van der Waals surface area contributed by atoms with Gasteiger partial charge in [0.2, 0.25) is 0 Å². The molecule has 104 valence electrons. The number of nitrogens with zero attached hydrogens (tertiary/aromatic N) is 1. The van der Waals surface area contributed by atoms with Crippen LogP contribution in [0.1, 0.15) is 50.6 Å². The van der Waals surface area contributed by atoms with Crippen LogP contribution < -0.4 is 5.73 Å². The summed E-state index contributed by atoms with van der Waals surface area (Å²) >= 11 is 12.1. The Morgan fingerprint density at radius 1 is 1.26 bits per heavy atom. The molecule has 2 rings (SSSR count). The van der Waals surface area contributed by atoms with E-state index in [0.29, 0.717) is 16.0 Å². The molecule has 0 amide bonds. The molecule has 0 radical (unpaired) electrons. The van der Waals surface area contributed by atoms with Crippen molar-refractivity contribution < 1.29 is 0 Å². The lowest BCUT2D eigenvalue weighted by molar-refractivity contribution is 0.435. The fraction of sp³-hybridized carbons (Fsp3) is 0.533. The highest BCUT2D eigenvalue weighted by Gasteiger charge is 2.18. The van der Waals surface area contributed by atoms with E-state index >= 15 is 0 Å². The SMILES string of the molecule is CC(N=C(N)C1CCCCC1)c1ccc(Cl)cc1Cl. The van der Waals surface area contributed by atoms with Gasteiger partial charge in [-0.2, -0.15) is 0 Å². The molecule has 1 fully saturated rings. The van der Waals surface area contributed by atoms with Gasteiger partial charge in [-0.25, -0.2) is 0 Å². The average molecular weight is 299 g/mol. The third kappa shape index (κ3) is 3.87. The number of nitrogens with two attached hydrogens (primary N) is 1. The number of hydrogen-bond acceptors (Lipinski definition) is 1. The van der Waals surface area contributed by atoms with E-state index < -0.39 is 0 Å². The van der Waals surface area contributed by atoms with Crippen molar-refractivity contribution in [2.24, 2.45) is 16.6 Å². The van der Waals surface area contributed by atoms with E-state index in [2.05, 4.69) is 4.99 Å². The first-order valence-corrected chi connectivity index (χ1v) is 7.61. The Kier molecular flexibility index (Phi) is 5.12. The maximum atomic E-state index is 6.20. The van der Waals surface area contributed by atoms with Crippen LogP contribution in [0.15, 0.2) is 23.2 Å². The van der Waals surface area contributed by atoms with Crippen LogP contribution in [0.5, 0.6) is 0 Å². The molecule has 1 aliphatic carbocycles. The lowest BCUT2D eigenvalue weighted by Gasteiger charge is -2.22. The second-order valence-electron chi connectivity index (χ2n) is 5.23. The fourth-order valence-electron chi connectivity index (χ4n) is 2.64. The van der Waals surface area contributed by atoms with Crippen LogP contribution in [-0.2, 0) is 0 Å². The van der Waals surface area contributed by atoms with E-state index in [-0.39, 0.29) is 6.04 Å². The van der Waals surface area contributed by atoms with E-state index in [1.54, 1.807) is 6.07 Å². The predicted molar refractivity (Wildman–Crippen MR) is 83.1 cm³/mol. The maximum Gasteiger partial charge on any atom is 0.0975 e. The molecule has 1 atom stereocenters. The zero-order valence-corrected chi connectivity index (χ0v) is 12.7. The van der Waals surface area contributed by atoms with Gasteiger partial charge in [-0.1, -0.05) is 48.5 Å². The Hall–Kier alpha value is -0.730. The monoisotopic (exact) mass is 298 g/mol. The molecule has 1 unspecified atom stereocenters. The summed E-state index contributed by atoms with van der Waals surface area (Å²) in [4.78, 5) is 4.63. The molecule has 0 aliphatic heterocycles. The van der Waals surface area contributed by atoms with Gasteiger partial charge in [-0.05, 0) is 37.5 Å². The van der Waals surface area contributed by atoms with E-state index in [9.17, 15) is 0 Å². The van der Waals surface area contributed by atoms with Gasteiger partial charge in [0.05, 0.1) is 11.9 Å². The molecule has 0 spiro atoms. The largest absolute Gasteiger partial charge is 0.387 e. The first-order valence-electron chi connectivity index (χ1n) is 6.86. The maximum absolute atomic E-state index is 6.20. The highest BCUT2D eigenvalue weighted by molar-refractivity contribution is 6.35. The normalized spacial score (nSPS) is 19.4. The van der Waals surface area contributed by atoms with Crippen LogP contribution in [0.2, 0.25) is 10.0 Å². The minimum atomic E-state index is -0.0216. The standard InChI is InChI=1S/C15H20Cl2N2/c1-10(13-8-7-12(16)9-14(13)17)19-15(18)11-5-3-2-4-6-11/h7-11H,2-6H2,1H3,(H2,18,19). The summed E-state index contributed by atoms with van der Waals surface area (Å²) in [5, 5.41) is 1.30. The van der Waals surface area contributed by atoms with Gasteiger partial charge in [0.1, 0.15) is 0 Å². The quantitative estimate of drug-likeness (QED) is 0.619. The van der Waals surface area contributed by atoms with Gasteiger partial charge >= 0.3 is 0 Å². The number of amidine groups is 1. The molecular weight excluding hydrogens is 279 g/mol. The van der Waals surface area contributed by atoms with Crippen LogP contribution in [0, 0.1) is 5.92 Å². The van der Waals surface area contributed by atoms with Crippen molar-refractivity contribution in [3.05, 3.63) is 33.8 Å². The molecule has 2 N–H and O–H groups in total. The zero-order chi connectivity index (χ0) is 13.8. The highest BCUT2D eigenvalue weighted by atomic mass is 35.5. The molecule has 1 aromatic carbocycles. The second-order valence-corrected chi connectivity index (χ2v) is 6.07. The van der Waals surface area contributed by atoms with Crippen LogP contribution >= 0.6 is 23.2 Å². The number of hydrogen-bond donors (Lipinski definition) is 1. The molecule has 2 nitrogen and oxygen atoms in total. The fourth-order valence-corrected chi connectivity index (χ4v) is 3.20. The number of benzene rings is 1. The molecule has 0 saturated heterocycles. The number of aliphatic imine (C=N–C) groups is 1. The van der Waals surface area contributed by atoms with Gasteiger partial charge in [-0.3, -0.25) is 4.99 Å².